The molecule has 0 heterocycles. The quantitative estimate of drug-likeness (QED) is 0.432. The van der Waals surface area contributed by atoms with Gasteiger partial charge in [-0.25, -0.2) is 0 Å². The summed E-state index contributed by atoms with van der Waals surface area (Å²) in [6, 6.07) is 0. The molecule has 0 aromatic heterocycles. The molecule has 0 rings (SSSR count). The van der Waals surface area contributed by atoms with Crippen LogP contribution >= 0.6 is 0 Å². The van der Waals surface area contributed by atoms with E-state index in [1.165, 1.54) is 5.57 Å². The van der Waals surface area contributed by atoms with Crippen molar-refractivity contribution in [3.63, 3.8) is 0 Å². The van der Waals surface area contributed by atoms with Crippen LogP contribution in [-0.2, 0) is 0 Å². The van der Waals surface area contributed by atoms with Gasteiger partial charge in [0.05, 0.1) is 0 Å². The van der Waals surface area contributed by atoms with E-state index >= 15 is 0 Å². The third kappa shape index (κ3) is 7.04. The molecule has 0 radical (unpaired) electrons. The average molecular weight is 151 g/mol. The highest BCUT2D eigenvalue weighted by Crippen LogP contribution is 1.89. The molecule has 0 saturated heterocycles. The molecule has 62 valence electrons. The molecule has 0 spiro atoms. The Balaban J connectivity index is 3.74. The summed E-state index contributed by atoms with van der Waals surface area (Å²) in [6.07, 6.45) is 9.13. The van der Waals surface area contributed by atoms with Crippen molar-refractivity contribution in [1.29, 1.82) is 0 Å². The molecule has 0 fully saturated rings. The minimum atomic E-state index is 0.932. The largest absolute Gasteiger partial charge is 0.293 e. The molecular weight excluding hydrogens is 134 g/mol. The van der Waals surface area contributed by atoms with E-state index in [0.717, 1.165) is 13.0 Å². The second-order valence-corrected chi connectivity index (χ2v) is 2.47. The summed E-state index contributed by atoms with van der Waals surface area (Å²) in [5, 5.41) is 0. The lowest BCUT2D eigenvalue weighted by Gasteiger charge is -1.87. The maximum Gasteiger partial charge on any atom is 0.0386 e. The maximum absolute atomic E-state index is 4.22. The van der Waals surface area contributed by atoms with Crippen LogP contribution in [0.3, 0.4) is 0 Å². The van der Waals surface area contributed by atoms with Crippen molar-refractivity contribution >= 4 is 6.21 Å². The summed E-state index contributed by atoms with van der Waals surface area (Å²) >= 11 is 0. The minimum absolute atomic E-state index is 0.932. The Morgan fingerprint density at radius 1 is 1.45 bits per heavy atom. The van der Waals surface area contributed by atoms with Crippen molar-refractivity contribution in [2.24, 2.45) is 4.99 Å². The molecular formula is C10H17N. The van der Waals surface area contributed by atoms with Crippen LogP contribution < -0.4 is 0 Å². The van der Waals surface area contributed by atoms with Gasteiger partial charge in [-0.1, -0.05) is 25.2 Å². The first-order valence-electron chi connectivity index (χ1n) is 4.10. The van der Waals surface area contributed by atoms with Gasteiger partial charge in [0.25, 0.3) is 0 Å². The normalized spacial score (nSPS) is 13.5. The lowest BCUT2D eigenvalue weighted by Crippen LogP contribution is -1.80. The van der Waals surface area contributed by atoms with Gasteiger partial charge in [-0.15, -0.1) is 0 Å². The summed E-state index contributed by atoms with van der Waals surface area (Å²) in [5.74, 6) is 0. The van der Waals surface area contributed by atoms with Crippen molar-refractivity contribution in [3.05, 3.63) is 23.8 Å². The van der Waals surface area contributed by atoms with Gasteiger partial charge in [-0.2, -0.15) is 0 Å². The summed E-state index contributed by atoms with van der Waals surface area (Å²) in [5.41, 5.74) is 1.21. The molecule has 0 unspecified atom stereocenters. The molecule has 0 aromatic carbocycles. The van der Waals surface area contributed by atoms with E-state index in [9.17, 15) is 0 Å². The number of aliphatic imine (C=N–C) groups is 1. The van der Waals surface area contributed by atoms with Gasteiger partial charge < -0.3 is 0 Å². The smallest absolute Gasteiger partial charge is 0.0386 e. The van der Waals surface area contributed by atoms with Crippen molar-refractivity contribution in [2.75, 3.05) is 6.54 Å². The fraction of sp³-hybridized carbons (Fsp3) is 0.500. The molecule has 0 aliphatic heterocycles. The molecule has 0 N–H and O–H groups in total. The molecule has 0 amide bonds. The maximum atomic E-state index is 4.22. The van der Waals surface area contributed by atoms with E-state index in [1.54, 1.807) is 0 Å². The van der Waals surface area contributed by atoms with Crippen molar-refractivity contribution < 1.29 is 0 Å². The van der Waals surface area contributed by atoms with Crippen molar-refractivity contribution in [1.82, 2.24) is 0 Å². The number of rotatable bonds is 4. The molecule has 0 aliphatic rings. The molecule has 0 saturated carbocycles. The molecule has 0 atom stereocenters. The number of allylic oxidation sites excluding steroid dienone is 4. The summed E-state index contributed by atoms with van der Waals surface area (Å²) in [4.78, 5) is 4.22. The van der Waals surface area contributed by atoms with Crippen molar-refractivity contribution in [2.45, 2.75) is 27.2 Å². The second-order valence-electron chi connectivity index (χ2n) is 2.47. The van der Waals surface area contributed by atoms with Gasteiger partial charge in [0, 0.05) is 12.8 Å². The highest BCUT2D eigenvalue weighted by Gasteiger charge is 1.77. The van der Waals surface area contributed by atoms with Crippen LogP contribution in [0.5, 0.6) is 0 Å². The van der Waals surface area contributed by atoms with Crippen LogP contribution in [0.15, 0.2) is 28.8 Å². The Morgan fingerprint density at radius 3 is 2.73 bits per heavy atom. The van der Waals surface area contributed by atoms with Crippen LogP contribution in [0.4, 0.5) is 0 Å². The number of hydrogen-bond donors (Lipinski definition) is 0. The van der Waals surface area contributed by atoms with Gasteiger partial charge in [0.1, 0.15) is 0 Å². The van der Waals surface area contributed by atoms with E-state index in [-0.39, 0.29) is 0 Å². The topological polar surface area (TPSA) is 12.4 Å². The third-order valence-corrected chi connectivity index (χ3v) is 1.20. The zero-order chi connectivity index (χ0) is 8.53. The van der Waals surface area contributed by atoms with Crippen molar-refractivity contribution in [3.8, 4) is 0 Å². The monoisotopic (exact) mass is 151 g/mol. The average Bonchev–Trinajstić information content (AvgIpc) is 2.01. The highest BCUT2D eigenvalue weighted by molar-refractivity contribution is 5.78. The standard InChI is InChI=1S/C10H17N/c1-4-6-7-10(3)9-11-8-5-2/h4,6-7,9H,5,8H2,1-3H3/b6-4-,10-7-,11-9?. The summed E-state index contributed by atoms with van der Waals surface area (Å²) in [7, 11) is 0. The van der Waals surface area contributed by atoms with Gasteiger partial charge >= 0.3 is 0 Å². The first-order valence-corrected chi connectivity index (χ1v) is 4.10. The third-order valence-electron chi connectivity index (χ3n) is 1.20. The van der Waals surface area contributed by atoms with Gasteiger partial charge in [-0.3, -0.25) is 4.99 Å². The minimum Gasteiger partial charge on any atom is -0.293 e. The Hall–Kier alpha value is -0.850. The van der Waals surface area contributed by atoms with E-state index < -0.39 is 0 Å². The lowest BCUT2D eigenvalue weighted by atomic mass is 10.3. The Morgan fingerprint density at radius 2 is 2.18 bits per heavy atom. The van der Waals surface area contributed by atoms with Crippen LogP contribution in [-0.4, -0.2) is 12.8 Å². The summed E-state index contributed by atoms with van der Waals surface area (Å²) in [6.45, 7) is 7.12. The SMILES string of the molecule is C/C=C\C=C(\C)C=NCCC. The lowest BCUT2D eigenvalue weighted by molar-refractivity contribution is 0.936. The zero-order valence-electron chi connectivity index (χ0n) is 7.67. The Bertz CT molecular complexity index is 164. The predicted molar refractivity (Wildman–Crippen MR) is 52.2 cm³/mol. The molecule has 1 nitrogen and oxygen atoms in total. The van der Waals surface area contributed by atoms with Crippen LogP contribution in [0.25, 0.3) is 0 Å². The molecule has 1 heteroatoms. The van der Waals surface area contributed by atoms with Crippen LogP contribution in [0.1, 0.15) is 27.2 Å². The van der Waals surface area contributed by atoms with Gasteiger partial charge in [0.2, 0.25) is 0 Å². The molecule has 0 aromatic rings. The first kappa shape index (κ1) is 10.2. The fourth-order valence-electron chi connectivity index (χ4n) is 0.629. The molecule has 0 bridgehead atoms. The van der Waals surface area contributed by atoms with Gasteiger partial charge in [-0.05, 0) is 25.8 Å². The summed E-state index contributed by atoms with van der Waals surface area (Å²) < 4.78 is 0. The number of nitrogens with zero attached hydrogens (tertiary/aromatic N) is 1. The first-order chi connectivity index (χ1) is 5.31. The predicted octanol–water partition coefficient (Wildman–Crippen LogP) is 2.99. The fourth-order valence-corrected chi connectivity index (χ4v) is 0.629. The van der Waals surface area contributed by atoms with Crippen LogP contribution in [0.2, 0.25) is 0 Å². The second kappa shape index (κ2) is 7.26. The van der Waals surface area contributed by atoms with E-state index in [2.05, 4.69) is 24.9 Å². The number of hydrogen-bond acceptors (Lipinski definition) is 1. The van der Waals surface area contributed by atoms with Crippen LogP contribution in [0, 0.1) is 0 Å². The highest BCUT2D eigenvalue weighted by atomic mass is 14.7. The Labute approximate surface area is 69.5 Å². The van der Waals surface area contributed by atoms with Gasteiger partial charge in [0.15, 0.2) is 0 Å². The van der Waals surface area contributed by atoms with E-state index in [1.807, 2.05) is 25.3 Å². The van der Waals surface area contributed by atoms with E-state index in [0.29, 0.717) is 0 Å². The molecule has 0 aliphatic carbocycles. The zero-order valence-corrected chi connectivity index (χ0v) is 7.67. The Kier molecular flexibility index (Phi) is 6.70. The van der Waals surface area contributed by atoms with E-state index in [4.69, 9.17) is 0 Å². The molecule has 11 heavy (non-hydrogen) atoms.